The zero-order chi connectivity index (χ0) is 19.9. The van der Waals surface area contributed by atoms with E-state index >= 15 is 0 Å². The van der Waals surface area contributed by atoms with Crippen molar-refractivity contribution >= 4 is 11.8 Å². The number of aryl methyl sites for hydroxylation is 1. The summed E-state index contributed by atoms with van der Waals surface area (Å²) in [5, 5.41) is 8.83. The molecule has 6 heteroatoms. The maximum absolute atomic E-state index is 12.6. The van der Waals surface area contributed by atoms with Gasteiger partial charge in [-0.15, -0.1) is 0 Å². The summed E-state index contributed by atoms with van der Waals surface area (Å²) in [6.45, 7) is 2.17. The molecule has 0 N–H and O–H groups in total. The Bertz CT molecular complexity index is 861. The second kappa shape index (κ2) is 9.05. The quantitative estimate of drug-likeness (QED) is 0.802. The number of rotatable bonds is 5. The maximum Gasteiger partial charge on any atom is 0.253 e. The molecule has 2 aromatic rings. The molecule has 144 valence electrons. The second-order valence-electron chi connectivity index (χ2n) is 6.71. The third-order valence-electron chi connectivity index (χ3n) is 4.97. The molecular formula is C22H23N3O3. The average molecular weight is 377 g/mol. The highest BCUT2D eigenvalue weighted by Crippen LogP contribution is 2.15. The molecule has 0 atom stereocenters. The van der Waals surface area contributed by atoms with Gasteiger partial charge in [0.1, 0.15) is 5.75 Å². The van der Waals surface area contributed by atoms with Crippen molar-refractivity contribution in [1.29, 1.82) is 5.26 Å². The van der Waals surface area contributed by atoms with Crippen LogP contribution in [0, 0.1) is 11.3 Å². The zero-order valence-electron chi connectivity index (χ0n) is 15.9. The fraction of sp³-hybridized carbons (Fsp3) is 0.318. The Morgan fingerprint density at radius 2 is 1.57 bits per heavy atom. The number of methoxy groups -OCH3 is 1. The Balaban J connectivity index is 1.47. The summed E-state index contributed by atoms with van der Waals surface area (Å²) in [6.07, 6.45) is 1.08. The van der Waals surface area contributed by atoms with E-state index in [0.717, 1.165) is 5.56 Å². The van der Waals surface area contributed by atoms with Crippen molar-refractivity contribution in [1.82, 2.24) is 9.80 Å². The van der Waals surface area contributed by atoms with Crippen molar-refractivity contribution < 1.29 is 14.3 Å². The summed E-state index contributed by atoms with van der Waals surface area (Å²) < 4.78 is 5.12. The van der Waals surface area contributed by atoms with Crippen molar-refractivity contribution in [2.45, 2.75) is 12.8 Å². The van der Waals surface area contributed by atoms with Crippen LogP contribution in [-0.4, -0.2) is 54.9 Å². The first-order valence-electron chi connectivity index (χ1n) is 9.31. The molecule has 6 nitrogen and oxygen atoms in total. The number of amides is 2. The van der Waals surface area contributed by atoms with Gasteiger partial charge in [-0.05, 0) is 48.4 Å². The first kappa shape index (κ1) is 19.4. The fourth-order valence-corrected chi connectivity index (χ4v) is 3.23. The first-order chi connectivity index (χ1) is 13.6. The highest BCUT2D eigenvalue weighted by Gasteiger charge is 2.24. The second-order valence-corrected chi connectivity index (χ2v) is 6.71. The minimum absolute atomic E-state index is 0.0210. The van der Waals surface area contributed by atoms with E-state index in [9.17, 15) is 9.59 Å². The van der Waals surface area contributed by atoms with Crippen LogP contribution in [0.2, 0.25) is 0 Å². The van der Waals surface area contributed by atoms with Gasteiger partial charge in [0.15, 0.2) is 0 Å². The number of benzene rings is 2. The van der Waals surface area contributed by atoms with Crippen molar-refractivity contribution in [3.05, 3.63) is 65.2 Å². The largest absolute Gasteiger partial charge is 0.497 e. The van der Waals surface area contributed by atoms with Crippen molar-refractivity contribution in [2.24, 2.45) is 0 Å². The molecule has 2 amide bonds. The molecule has 0 unspecified atom stereocenters. The van der Waals surface area contributed by atoms with E-state index in [-0.39, 0.29) is 11.8 Å². The number of hydrogen-bond donors (Lipinski definition) is 0. The van der Waals surface area contributed by atoms with Gasteiger partial charge >= 0.3 is 0 Å². The standard InChI is InChI=1S/C22H23N3O3/c1-28-20-9-7-19(8-10-20)22(27)25-14-12-24(13-15-25)21(26)11-6-17-2-4-18(16-23)5-3-17/h2-5,7-10H,6,11-15H2,1H3. The van der Waals surface area contributed by atoms with Crippen LogP contribution in [0.15, 0.2) is 48.5 Å². The highest BCUT2D eigenvalue weighted by molar-refractivity contribution is 5.94. The van der Waals surface area contributed by atoms with Gasteiger partial charge in [0.05, 0.1) is 18.7 Å². The van der Waals surface area contributed by atoms with E-state index in [1.165, 1.54) is 0 Å². The topological polar surface area (TPSA) is 73.6 Å². The summed E-state index contributed by atoms with van der Waals surface area (Å²) in [6, 6.07) is 16.5. The number of carbonyl (C=O) groups excluding carboxylic acids is 2. The van der Waals surface area contributed by atoms with E-state index in [1.54, 1.807) is 48.4 Å². The number of carbonyl (C=O) groups is 2. The highest BCUT2D eigenvalue weighted by atomic mass is 16.5. The molecule has 1 saturated heterocycles. The third kappa shape index (κ3) is 4.68. The van der Waals surface area contributed by atoms with Gasteiger partial charge in [-0.2, -0.15) is 5.26 Å². The molecular weight excluding hydrogens is 354 g/mol. The predicted octanol–water partition coefficient (Wildman–Crippen LogP) is 2.48. The SMILES string of the molecule is COc1ccc(C(=O)N2CCN(C(=O)CCc3ccc(C#N)cc3)CC2)cc1. The number of nitrogens with zero attached hydrogens (tertiary/aromatic N) is 3. The summed E-state index contributed by atoms with van der Waals surface area (Å²) in [4.78, 5) is 28.7. The van der Waals surface area contributed by atoms with Crippen molar-refractivity contribution in [2.75, 3.05) is 33.3 Å². The van der Waals surface area contributed by atoms with E-state index in [4.69, 9.17) is 10.00 Å². The Hall–Kier alpha value is -3.33. The molecule has 1 fully saturated rings. The Kier molecular flexibility index (Phi) is 6.28. The van der Waals surface area contributed by atoms with Crippen LogP contribution in [0.25, 0.3) is 0 Å². The average Bonchev–Trinajstić information content (AvgIpc) is 2.77. The van der Waals surface area contributed by atoms with Crippen molar-refractivity contribution in [3.8, 4) is 11.8 Å². The lowest BCUT2D eigenvalue weighted by molar-refractivity contribution is -0.132. The molecule has 0 aromatic heterocycles. The van der Waals surface area contributed by atoms with Gasteiger partial charge in [-0.3, -0.25) is 9.59 Å². The van der Waals surface area contributed by atoms with E-state index in [2.05, 4.69) is 6.07 Å². The number of ether oxygens (including phenoxy) is 1. The fourth-order valence-electron chi connectivity index (χ4n) is 3.23. The molecule has 0 bridgehead atoms. The van der Waals surface area contributed by atoms with Crippen LogP contribution in [0.4, 0.5) is 0 Å². The maximum atomic E-state index is 12.6. The molecule has 0 saturated carbocycles. The molecule has 28 heavy (non-hydrogen) atoms. The van der Waals surface area contributed by atoms with Gasteiger partial charge in [0.25, 0.3) is 5.91 Å². The van der Waals surface area contributed by atoms with Crippen molar-refractivity contribution in [3.63, 3.8) is 0 Å². The number of nitriles is 1. The van der Waals surface area contributed by atoms with E-state index < -0.39 is 0 Å². The van der Waals surface area contributed by atoms with Crippen LogP contribution in [0.3, 0.4) is 0 Å². The molecule has 0 radical (unpaired) electrons. The molecule has 1 heterocycles. The van der Waals surface area contributed by atoms with Crippen LogP contribution < -0.4 is 4.74 Å². The van der Waals surface area contributed by atoms with E-state index in [1.807, 2.05) is 17.0 Å². The lowest BCUT2D eigenvalue weighted by atomic mass is 10.1. The molecule has 1 aliphatic heterocycles. The Morgan fingerprint density at radius 1 is 0.964 bits per heavy atom. The van der Waals surface area contributed by atoms with Gasteiger partial charge in [-0.1, -0.05) is 12.1 Å². The zero-order valence-corrected chi connectivity index (χ0v) is 15.9. The third-order valence-corrected chi connectivity index (χ3v) is 4.97. The Morgan fingerprint density at radius 3 is 2.14 bits per heavy atom. The van der Waals surface area contributed by atoms with Crippen LogP contribution in [-0.2, 0) is 11.2 Å². The number of hydrogen-bond acceptors (Lipinski definition) is 4. The normalized spacial score (nSPS) is 13.7. The molecule has 0 spiro atoms. The summed E-state index contributed by atoms with van der Waals surface area (Å²) in [5.74, 6) is 0.794. The molecule has 2 aromatic carbocycles. The minimum Gasteiger partial charge on any atom is -0.497 e. The Labute approximate surface area is 164 Å². The lowest BCUT2D eigenvalue weighted by Crippen LogP contribution is -2.50. The molecule has 0 aliphatic carbocycles. The summed E-state index contributed by atoms with van der Waals surface area (Å²) in [5.41, 5.74) is 2.29. The smallest absolute Gasteiger partial charge is 0.253 e. The lowest BCUT2D eigenvalue weighted by Gasteiger charge is -2.35. The first-order valence-corrected chi connectivity index (χ1v) is 9.31. The minimum atomic E-state index is -0.0210. The van der Waals surface area contributed by atoms with Crippen LogP contribution in [0.1, 0.15) is 27.9 Å². The molecule has 3 rings (SSSR count). The van der Waals surface area contributed by atoms with Crippen LogP contribution in [0.5, 0.6) is 5.75 Å². The van der Waals surface area contributed by atoms with Gasteiger partial charge in [0.2, 0.25) is 5.91 Å². The van der Waals surface area contributed by atoms with Gasteiger partial charge in [-0.25, -0.2) is 0 Å². The summed E-state index contributed by atoms with van der Waals surface area (Å²) >= 11 is 0. The van der Waals surface area contributed by atoms with Gasteiger partial charge in [0, 0.05) is 38.2 Å². The summed E-state index contributed by atoms with van der Waals surface area (Å²) in [7, 11) is 1.59. The molecule has 1 aliphatic rings. The van der Waals surface area contributed by atoms with E-state index in [0.29, 0.717) is 55.9 Å². The van der Waals surface area contributed by atoms with Gasteiger partial charge < -0.3 is 14.5 Å². The van der Waals surface area contributed by atoms with Crippen LogP contribution >= 0.6 is 0 Å². The monoisotopic (exact) mass is 377 g/mol. The number of piperazine rings is 1. The predicted molar refractivity (Wildman–Crippen MR) is 105 cm³/mol.